The Labute approximate surface area is 123 Å². The monoisotopic (exact) mass is 318 g/mol. The van der Waals surface area contributed by atoms with Crippen molar-refractivity contribution in [3.05, 3.63) is 24.1 Å². The summed E-state index contributed by atoms with van der Waals surface area (Å²) in [6, 6.07) is 1.42. The number of aliphatic carboxylic acids is 1. The van der Waals surface area contributed by atoms with E-state index in [0.717, 1.165) is 12.3 Å². The zero-order valence-corrected chi connectivity index (χ0v) is 12.9. The van der Waals surface area contributed by atoms with Crippen LogP contribution in [-0.2, 0) is 14.8 Å². The number of sulfonamides is 1. The Kier molecular flexibility index (Phi) is 5.41. The zero-order chi connectivity index (χ0) is 16.3. The molecule has 0 bridgehead atoms. The van der Waals surface area contributed by atoms with E-state index < -0.39 is 32.9 Å². The Morgan fingerprint density at radius 1 is 1.48 bits per heavy atom. The molecule has 1 atom stereocenters. The van der Waals surface area contributed by atoms with Gasteiger partial charge in [-0.3, -0.25) is 4.79 Å². The number of halogens is 1. The maximum Gasteiger partial charge on any atom is 0.304 e. The van der Waals surface area contributed by atoms with Gasteiger partial charge in [-0.25, -0.2) is 22.5 Å². The van der Waals surface area contributed by atoms with Crippen LogP contribution in [0.5, 0.6) is 0 Å². The molecule has 0 aliphatic heterocycles. The molecule has 1 unspecified atom stereocenters. The number of aromatic nitrogens is 1. The lowest BCUT2D eigenvalue weighted by molar-refractivity contribution is -0.137. The first kappa shape index (κ1) is 17.5. The number of carboxylic acid groups (broad SMARTS) is 1. The van der Waals surface area contributed by atoms with Gasteiger partial charge in [0.25, 0.3) is 10.0 Å². The van der Waals surface area contributed by atoms with E-state index in [9.17, 15) is 17.6 Å². The SMILES string of the molecule is CC(C)(C)CC(CC(=O)O)NS(=O)(=O)c1ncccc1F. The molecular weight excluding hydrogens is 299 g/mol. The fourth-order valence-electron chi connectivity index (χ4n) is 1.95. The number of hydrogen-bond acceptors (Lipinski definition) is 4. The largest absolute Gasteiger partial charge is 0.481 e. The van der Waals surface area contributed by atoms with Crippen molar-refractivity contribution in [3.8, 4) is 0 Å². The standard InChI is InChI=1S/C13H19FN2O4S/c1-13(2,3)8-9(7-11(17)18)16-21(19,20)12-10(14)5-4-6-15-12/h4-6,9,16H,7-8H2,1-3H3,(H,17,18). The van der Waals surface area contributed by atoms with E-state index in [2.05, 4.69) is 9.71 Å². The second kappa shape index (κ2) is 6.48. The molecule has 1 aromatic heterocycles. The molecule has 6 nitrogen and oxygen atoms in total. The van der Waals surface area contributed by atoms with Crippen molar-refractivity contribution in [2.24, 2.45) is 5.41 Å². The third-order valence-electron chi connectivity index (χ3n) is 2.58. The minimum atomic E-state index is -4.21. The maximum atomic E-state index is 13.5. The first-order valence-electron chi connectivity index (χ1n) is 6.36. The second-order valence-electron chi connectivity index (χ2n) is 5.97. The summed E-state index contributed by atoms with van der Waals surface area (Å²) in [6.07, 6.45) is 1.07. The fraction of sp³-hybridized carbons (Fsp3) is 0.538. The number of hydrogen-bond donors (Lipinski definition) is 2. The minimum absolute atomic E-state index is 0.286. The van der Waals surface area contributed by atoms with Gasteiger partial charge in [0.1, 0.15) is 0 Å². The summed E-state index contributed by atoms with van der Waals surface area (Å²) in [4.78, 5) is 14.4. The topological polar surface area (TPSA) is 96.4 Å². The molecule has 0 amide bonds. The highest BCUT2D eigenvalue weighted by molar-refractivity contribution is 7.89. The molecule has 118 valence electrons. The van der Waals surface area contributed by atoms with Gasteiger partial charge in [-0.05, 0) is 24.0 Å². The molecule has 0 spiro atoms. The lowest BCUT2D eigenvalue weighted by atomic mass is 9.87. The van der Waals surface area contributed by atoms with Crippen LogP contribution in [0, 0.1) is 11.2 Å². The van der Waals surface area contributed by atoms with Crippen molar-refractivity contribution >= 4 is 16.0 Å². The third-order valence-corrected chi connectivity index (χ3v) is 4.03. The zero-order valence-electron chi connectivity index (χ0n) is 12.1. The minimum Gasteiger partial charge on any atom is -0.481 e. The number of carboxylic acids is 1. The molecule has 2 N–H and O–H groups in total. The number of pyridine rings is 1. The summed E-state index contributed by atoms with van der Waals surface area (Å²) in [6.45, 7) is 5.58. The van der Waals surface area contributed by atoms with Crippen LogP contribution in [0.25, 0.3) is 0 Å². The van der Waals surface area contributed by atoms with E-state index in [4.69, 9.17) is 5.11 Å². The van der Waals surface area contributed by atoms with Crippen LogP contribution in [0.4, 0.5) is 4.39 Å². The average Bonchev–Trinajstić information content (AvgIpc) is 2.24. The van der Waals surface area contributed by atoms with E-state index in [1.165, 1.54) is 6.07 Å². The smallest absolute Gasteiger partial charge is 0.304 e. The van der Waals surface area contributed by atoms with E-state index in [1.54, 1.807) is 0 Å². The first-order chi connectivity index (χ1) is 9.51. The molecule has 0 radical (unpaired) electrons. The molecule has 0 aliphatic carbocycles. The van der Waals surface area contributed by atoms with Crippen LogP contribution in [0.3, 0.4) is 0 Å². The highest BCUT2D eigenvalue weighted by Crippen LogP contribution is 2.23. The molecule has 1 rings (SSSR count). The Balaban J connectivity index is 3.01. The highest BCUT2D eigenvalue weighted by Gasteiger charge is 2.28. The van der Waals surface area contributed by atoms with Crippen molar-refractivity contribution in [2.75, 3.05) is 0 Å². The Morgan fingerprint density at radius 3 is 2.57 bits per heavy atom. The number of rotatable bonds is 6. The summed E-state index contributed by atoms with van der Waals surface area (Å²) >= 11 is 0. The predicted molar refractivity (Wildman–Crippen MR) is 74.6 cm³/mol. The summed E-state index contributed by atoms with van der Waals surface area (Å²) in [5, 5.41) is 8.15. The summed E-state index contributed by atoms with van der Waals surface area (Å²) in [5.41, 5.74) is -0.286. The van der Waals surface area contributed by atoms with Gasteiger partial charge in [0.2, 0.25) is 5.03 Å². The molecule has 0 saturated heterocycles. The van der Waals surface area contributed by atoms with Crippen molar-refractivity contribution < 1.29 is 22.7 Å². The maximum absolute atomic E-state index is 13.5. The van der Waals surface area contributed by atoms with Crippen molar-refractivity contribution in [1.82, 2.24) is 9.71 Å². The van der Waals surface area contributed by atoms with Gasteiger partial charge in [-0.2, -0.15) is 0 Å². The van der Waals surface area contributed by atoms with Gasteiger partial charge in [0.15, 0.2) is 5.82 Å². The average molecular weight is 318 g/mol. The van der Waals surface area contributed by atoms with Crippen molar-refractivity contribution in [1.29, 1.82) is 0 Å². The van der Waals surface area contributed by atoms with Crippen LogP contribution < -0.4 is 4.72 Å². The summed E-state index contributed by atoms with van der Waals surface area (Å²) < 4.78 is 40.0. The lowest BCUT2D eigenvalue weighted by Gasteiger charge is -2.25. The fourth-order valence-corrected chi connectivity index (χ4v) is 3.19. The number of nitrogens with zero attached hydrogens (tertiary/aromatic N) is 1. The number of nitrogens with one attached hydrogen (secondary N) is 1. The van der Waals surface area contributed by atoms with Gasteiger partial charge in [-0.1, -0.05) is 20.8 Å². The Bertz CT molecular complexity index is 611. The third kappa shape index (κ3) is 5.76. The van der Waals surface area contributed by atoms with Gasteiger partial charge in [0.05, 0.1) is 6.42 Å². The summed E-state index contributed by atoms with van der Waals surface area (Å²) in [7, 11) is -4.21. The van der Waals surface area contributed by atoms with Gasteiger partial charge >= 0.3 is 5.97 Å². The molecule has 8 heteroatoms. The van der Waals surface area contributed by atoms with Gasteiger partial charge in [0, 0.05) is 12.2 Å². The lowest BCUT2D eigenvalue weighted by Crippen LogP contribution is -2.39. The Morgan fingerprint density at radius 2 is 2.10 bits per heavy atom. The van der Waals surface area contributed by atoms with E-state index in [1.807, 2.05) is 20.8 Å². The molecule has 1 heterocycles. The van der Waals surface area contributed by atoms with Gasteiger partial charge < -0.3 is 5.11 Å². The molecule has 0 aliphatic rings. The van der Waals surface area contributed by atoms with Crippen molar-refractivity contribution in [2.45, 2.75) is 44.7 Å². The van der Waals surface area contributed by atoms with E-state index in [-0.39, 0.29) is 11.8 Å². The van der Waals surface area contributed by atoms with Gasteiger partial charge in [-0.15, -0.1) is 0 Å². The van der Waals surface area contributed by atoms with Crippen LogP contribution in [0.2, 0.25) is 0 Å². The molecular formula is C13H19FN2O4S. The molecule has 0 aromatic carbocycles. The normalized spacial score (nSPS) is 13.9. The summed E-state index contributed by atoms with van der Waals surface area (Å²) in [5.74, 6) is -2.11. The second-order valence-corrected chi connectivity index (χ2v) is 7.60. The van der Waals surface area contributed by atoms with Crippen molar-refractivity contribution in [3.63, 3.8) is 0 Å². The molecule has 21 heavy (non-hydrogen) atoms. The molecule has 0 fully saturated rings. The first-order valence-corrected chi connectivity index (χ1v) is 7.84. The van der Waals surface area contributed by atoms with Crippen LogP contribution in [0.1, 0.15) is 33.6 Å². The quantitative estimate of drug-likeness (QED) is 0.833. The number of carbonyl (C=O) groups is 1. The highest BCUT2D eigenvalue weighted by atomic mass is 32.2. The van der Waals surface area contributed by atoms with Crippen LogP contribution >= 0.6 is 0 Å². The predicted octanol–water partition coefficient (Wildman–Crippen LogP) is 1.78. The van der Waals surface area contributed by atoms with E-state index >= 15 is 0 Å². The molecule has 0 saturated carbocycles. The van der Waals surface area contributed by atoms with Crippen LogP contribution in [-0.4, -0.2) is 30.5 Å². The van der Waals surface area contributed by atoms with E-state index in [0.29, 0.717) is 6.42 Å². The Hall–Kier alpha value is -1.54. The molecule has 1 aromatic rings. The van der Waals surface area contributed by atoms with Crippen LogP contribution in [0.15, 0.2) is 23.4 Å².